The molecule has 0 unspecified atom stereocenters. The highest BCUT2D eigenvalue weighted by Gasteiger charge is 2.14. The molecule has 0 saturated heterocycles. The molecule has 0 aromatic carbocycles. The first kappa shape index (κ1) is 7.71. The van der Waals surface area contributed by atoms with E-state index < -0.39 is 0 Å². The van der Waals surface area contributed by atoms with Crippen LogP contribution < -0.4 is 5.32 Å². The summed E-state index contributed by atoms with van der Waals surface area (Å²) in [5, 5.41) is 3.40. The van der Waals surface area contributed by atoms with Crippen LogP contribution in [0.4, 0.5) is 0 Å². The second kappa shape index (κ2) is 3.13. The Morgan fingerprint density at radius 1 is 1.70 bits per heavy atom. The van der Waals surface area contributed by atoms with Gasteiger partial charge in [-0.1, -0.05) is 12.9 Å². The third-order valence-corrected chi connectivity index (χ3v) is 2.14. The standard InChI is InChI=1S/C8H16BN/c1-6-4-8(9-3)5-7(2)10-6/h4,7-10H,5H2,1-3H3/t7-,8-/m0/s1. The maximum atomic E-state index is 3.40. The fourth-order valence-corrected chi connectivity index (χ4v) is 1.66. The van der Waals surface area contributed by atoms with Crippen LogP contribution in [0, 0.1) is 0 Å². The number of allylic oxidation sites excluding steroid dienone is 2. The van der Waals surface area contributed by atoms with E-state index in [0.29, 0.717) is 6.04 Å². The van der Waals surface area contributed by atoms with Crippen molar-refractivity contribution in [2.75, 3.05) is 0 Å². The summed E-state index contributed by atoms with van der Waals surface area (Å²) >= 11 is 0. The van der Waals surface area contributed by atoms with Crippen molar-refractivity contribution in [1.82, 2.24) is 5.32 Å². The van der Waals surface area contributed by atoms with Crippen LogP contribution in [0.1, 0.15) is 20.3 Å². The highest BCUT2D eigenvalue weighted by Crippen LogP contribution is 2.20. The minimum absolute atomic E-state index is 0.676. The molecule has 1 rings (SSSR count). The van der Waals surface area contributed by atoms with Crippen LogP contribution in [-0.4, -0.2) is 13.3 Å². The van der Waals surface area contributed by atoms with E-state index in [-0.39, 0.29) is 0 Å². The van der Waals surface area contributed by atoms with E-state index in [1.165, 1.54) is 19.4 Å². The van der Waals surface area contributed by atoms with Crippen LogP contribution in [0.15, 0.2) is 11.8 Å². The lowest BCUT2D eigenvalue weighted by molar-refractivity contribution is 0.542. The van der Waals surface area contributed by atoms with E-state index in [2.05, 4.69) is 32.1 Å². The van der Waals surface area contributed by atoms with Crippen LogP contribution in [0.25, 0.3) is 0 Å². The fourth-order valence-electron chi connectivity index (χ4n) is 1.66. The number of hydrogen-bond donors (Lipinski definition) is 1. The van der Waals surface area contributed by atoms with Gasteiger partial charge in [-0.25, -0.2) is 0 Å². The first-order valence-electron chi connectivity index (χ1n) is 4.17. The van der Waals surface area contributed by atoms with Crippen LogP contribution in [0.2, 0.25) is 12.6 Å². The quantitative estimate of drug-likeness (QED) is 0.540. The minimum atomic E-state index is 0.676. The van der Waals surface area contributed by atoms with E-state index in [1.54, 1.807) is 0 Å². The summed E-state index contributed by atoms with van der Waals surface area (Å²) in [5.41, 5.74) is 1.35. The fraction of sp³-hybridized carbons (Fsp3) is 0.750. The Balaban J connectivity index is 2.55. The summed E-state index contributed by atoms with van der Waals surface area (Å²) in [6.45, 7) is 6.66. The van der Waals surface area contributed by atoms with Crippen molar-refractivity contribution in [3.8, 4) is 0 Å². The SMILES string of the molecule is CB[C@H]1C=C(C)N[C@@H](C)C1. The molecule has 56 valence electrons. The Hall–Kier alpha value is -0.395. The van der Waals surface area contributed by atoms with Gasteiger partial charge >= 0.3 is 0 Å². The van der Waals surface area contributed by atoms with E-state index >= 15 is 0 Å². The van der Waals surface area contributed by atoms with Gasteiger partial charge in [0.2, 0.25) is 0 Å². The molecule has 0 bridgehead atoms. The molecule has 0 amide bonds. The average molecular weight is 137 g/mol. The van der Waals surface area contributed by atoms with Crippen LogP contribution in [0.5, 0.6) is 0 Å². The van der Waals surface area contributed by atoms with Crippen molar-refractivity contribution in [2.24, 2.45) is 0 Å². The van der Waals surface area contributed by atoms with Crippen LogP contribution >= 0.6 is 0 Å². The topological polar surface area (TPSA) is 12.0 Å². The Bertz CT molecular complexity index is 142. The number of rotatable bonds is 1. The van der Waals surface area contributed by atoms with Gasteiger partial charge in [-0.3, -0.25) is 0 Å². The van der Waals surface area contributed by atoms with Crippen molar-refractivity contribution in [1.29, 1.82) is 0 Å². The van der Waals surface area contributed by atoms with Crippen molar-refractivity contribution < 1.29 is 0 Å². The molecule has 0 fully saturated rings. The lowest BCUT2D eigenvalue weighted by Gasteiger charge is -2.25. The smallest absolute Gasteiger partial charge is 0.126 e. The zero-order valence-electron chi connectivity index (χ0n) is 7.15. The van der Waals surface area contributed by atoms with Crippen LogP contribution in [-0.2, 0) is 0 Å². The molecular weight excluding hydrogens is 121 g/mol. The lowest BCUT2D eigenvalue weighted by atomic mass is 9.63. The average Bonchev–Trinajstić information content (AvgIpc) is 1.85. The maximum absolute atomic E-state index is 3.40. The summed E-state index contributed by atoms with van der Waals surface area (Å²) in [7, 11) is 1.28. The second-order valence-electron chi connectivity index (χ2n) is 3.30. The predicted octanol–water partition coefficient (Wildman–Crippen LogP) is 1.55. The normalized spacial score (nSPS) is 32.5. The monoisotopic (exact) mass is 137 g/mol. The van der Waals surface area contributed by atoms with Gasteiger partial charge in [0.15, 0.2) is 0 Å². The van der Waals surface area contributed by atoms with E-state index in [9.17, 15) is 0 Å². The lowest BCUT2D eigenvalue weighted by Crippen LogP contribution is -2.30. The summed E-state index contributed by atoms with van der Waals surface area (Å²) in [6.07, 6.45) is 3.65. The molecule has 1 heterocycles. The number of nitrogens with one attached hydrogen (secondary N) is 1. The third-order valence-electron chi connectivity index (χ3n) is 2.14. The molecule has 0 aliphatic carbocycles. The van der Waals surface area contributed by atoms with E-state index in [1.807, 2.05) is 0 Å². The Kier molecular flexibility index (Phi) is 2.41. The summed E-state index contributed by atoms with van der Waals surface area (Å²) < 4.78 is 0. The zero-order chi connectivity index (χ0) is 7.56. The first-order valence-corrected chi connectivity index (χ1v) is 4.17. The first-order chi connectivity index (χ1) is 4.72. The zero-order valence-corrected chi connectivity index (χ0v) is 7.15. The van der Waals surface area contributed by atoms with Crippen molar-refractivity contribution in [3.05, 3.63) is 11.8 Å². The Morgan fingerprint density at radius 2 is 2.40 bits per heavy atom. The van der Waals surface area contributed by atoms with Crippen molar-refractivity contribution in [3.63, 3.8) is 0 Å². The molecule has 10 heavy (non-hydrogen) atoms. The molecule has 1 N–H and O–H groups in total. The molecule has 0 saturated carbocycles. The Morgan fingerprint density at radius 3 is 2.90 bits per heavy atom. The van der Waals surface area contributed by atoms with Crippen LogP contribution in [0.3, 0.4) is 0 Å². The molecular formula is C8H16BN. The van der Waals surface area contributed by atoms with Gasteiger partial charge in [0.05, 0.1) is 0 Å². The second-order valence-corrected chi connectivity index (χ2v) is 3.30. The van der Waals surface area contributed by atoms with E-state index in [0.717, 1.165) is 5.82 Å². The molecule has 1 nitrogen and oxygen atoms in total. The van der Waals surface area contributed by atoms with Gasteiger partial charge in [-0.2, -0.15) is 0 Å². The van der Waals surface area contributed by atoms with Crippen molar-refractivity contribution >= 4 is 7.28 Å². The van der Waals surface area contributed by atoms with Gasteiger partial charge < -0.3 is 5.32 Å². The summed E-state index contributed by atoms with van der Waals surface area (Å²) in [4.78, 5) is 0. The largest absolute Gasteiger partial charge is 0.386 e. The highest BCUT2D eigenvalue weighted by molar-refractivity contribution is 6.36. The predicted molar refractivity (Wildman–Crippen MR) is 47.7 cm³/mol. The summed E-state index contributed by atoms with van der Waals surface area (Å²) in [6, 6.07) is 0.676. The van der Waals surface area contributed by atoms with Gasteiger partial charge in [-0.15, -0.1) is 0 Å². The molecule has 0 aromatic heterocycles. The summed E-state index contributed by atoms with van der Waals surface area (Å²) in [5.74, 6) is 0.816. The minimum Gasteiger partial charge on any atom is -0.386 e. The highest BCUT2D eigenvalue weighted by atomic mass is 14.9. The molecule has 0 radical (unpaired) electrons. The van der Waals surface area contributed by atoms with E-state index in [4.69, 9.17) is 0 Å². The molecule has 1 aliphatic heterocycles. The van der Waals surface area contributed by atoms with Gasteiger partial charge in [0.1, 0.15) is 7.28 Å². The van der Waals surface area contributed by atoms with Gasteiger partial charge in [0, 0.05) is 11.7 Å². The molecule has 2 atom stereocenters. The third kappa shape index (κ3) is 1.79. The van der Waals surface area contributed by atoms with Gasteiger partial charge in [-0.05, 0) is 26.1 Å². The number of hydrogen-bond acceptors (Lipinski definition) is 1. The maximum Gasteiger partial charge on any atom is 0.126 e. The molecule has 2 heteroatoms. The van der Waals surface area contributed by atoms with Crippen molar-refractivity contribution in [2.45, 2.75) is 39.0 Å². The molecule has 0 spiro atoms. The van der Waals surface area contributed by atoms with Gasteiger partial charge in [0.25, 0.3) is 0 Å². The Labute approximate surface area is 64.1 Å². The molecule has 0 aromatic rings. The molecule has 1 aliphatic rings.